The van der Waals surface area contributed by atoms with Crippen LogP contribution in [0.3, 0.4) is 0 Å². The van der Waals surface area contributed by atoms with Crippen molar-refractivity contribution >= 4 is 5.69 Å². The normalized spacial score (nSPS) is 10.4. The number of H-pyrrole nitrogens is 1. The summed E-state index contributed by atoms with van der Waals surface area (Å²) in [5, 5.41) is 3.19. The standard InChI is InChI=1S/C15H19N3O/c1-2-3-5-8-17-14-10-12(11-18-15(14)19)13-7-4-6-9-16-13/h4,6-7,9-11,17H,2-3,5,8H2,1H3,(H,18,19). The van der Waals surface area contributed by atoms with Crippen LogP contribution in [0.15, 0.2) is 41.5 Å². The zero-order chi connectivity index (χ0) is 13.5. The van der Waals surface area contributed by atoms with Crippen molar-refractivity contribution in [3.8, 4) is 11.3 Å². The SMILES string of the molecule is CCCCCNc1cc(-c2ccccn2)c[nH]c1=O. The Labute approximate surface area is 112 Å². The summed E-state index contributed by atoms with van der Waals surface area (Å²) in [5.74, 6) is 0. The summed E-state index contributed by atoms with van der Waals surface area (Å²) in [4.78, 5) is 18.8. The molecule has 0 bridgehead atoms. The third-order valence-electron chi connectivity index (χ3n) is 2.96. The van der Waals surface area contributed by atoms with E-state index in [1.807, 2.05) is 24.3 Å². The molecule has 0 aromatic carbocycles. The number of hydrogen-bond acceptors (Lipinski definition) is 3. The molecule has 4 nitrogen and oxygen atoms in total. The van der Waals surface area contributed by atoms with E-state index in [1.54, 1.807) is 12.4 Å². The second-order valence-electron chi connectivity index (χ2n) is 4.48. The summed E-state index contributed by atoms with van der Waals surface area (Å²) in [6.07, 6.45) is 6.86. The molecule has 0 atom stereocenters. The van der Waals surface area contributed by atoms with Crippen molar-refractivity contribution in [3.05, 3.63) is 47.0 Å². The lowest BCUT2D eigenvalue weighted by Crippen LogP contribution is -2.14. The zero-order valence-electron chi connectivity index (χ0n) is 11.1. The van der Waals surface area contributed by atoms with E-state index in [0.717, 1.165) is 24.2 Å². The van der Waals surface area contributed by atoms with Gasteiger partial charge in [-0.2, -0.15) is 0 Å². The van der Waals surface area contributed by atoms with Crippen LogP contribution in [0.2, 0.25) is 0 Å². The molecule has 0 amide bonds. The van der Waals surface area contributed by atoms with Crippen LogP contribution in [0, 0.1) is 0 Å². The van der Waals surface area contributed by atoms with Crippen molar-refractivity contribution in [2.45, 2.75) is 26.2 Å². The Bertz CT molecular complexity index is 563. The monoisotopic (exact) mass is 257 g/mol. The molecule has 0 radical (unpaired) electrons. The molecule has 0 saturated heterocycles. The van der Waals surface area contributed by atoms with E-state index >= 15 is 0 Å². The highest BCUT2D eigenvalue weighted by Crippen LogP contribution is 2.16. The summed E-state index contributed by atoms with van der Waals surface area (Å²) in [7, 11) is 0. The van der Waals surface area contributed by atoms with Crippen LogP contribution in [0.1, 0.15) is 26.2 Å². The number of pyridine rings is 2. The van der Waals surface area contributed by atoms with Gasteiger partial charge in [-0.3, -0.25) is 9.78 Å². The van der Waals surface area contributed by atoms with E-state index in [0.29, 0.717) is 5.69 Å². The lowest BCUT2D eigenvalue weighted by molar-refractivity contribution is 0.743. The number of hydrogen-bond donors (Lipinski definition) is 2. The third-order valence-corrected chi connectivity index (χ3v) is 2.96. The third kappa shape index (κ3) is 3.68. The van der Waals surface area contributed by atoms with Gasteiger partial charge in [-0.15, -0.1) is 0 Å². The fourth-order valence-corrected chi connectivity index (χ4v) is 1.89. The van der Waals surface area contributed by atoms with Crippen LogP contribution < -0.4 is 10.9 Å². The van der Waals surface area contributed by atoms with Gasteiger partial charge in [0.05, 0.1) is 5.69 Å². The first-order valence-electron chi connectivity index (χ1n) is 6.69. The van der Waals surface area contributed by atoms with Crippen LogP contribution in [-0.4, -0.2) is 16.5 Å². The summed E-state index contributed by atoms with van der Waals surface area (Å²) in [6.45, 7) is 2.98. The van der Waals surface area contributed by atoms with Crippen molar-refractivity contribution < 1.29 is 0 Å². The van der Waals surface area contributed by atoms with Crippen molar-refractivity contribution in [2.24, 2.45) is 0 Å². The maximum atomic E-state index is 11.7. The molecule has 2 aromatic rings. The number of aromatic amines is 1. The van der Waals surface area contributed by atoms with E-state index in [9.17, 15) is 4.79 Å². The van der Waals surface area contributed by atoms with E-state index in [-0.39, 0.29) is 5.56 Å². The van der Waals surface area contributed by atoms with E-state index in [4.69, 9.17) is 0 Å². The highest BCUT2D eigenvalue weighted by atomic mass is 16.1. The van der Waals surface area contributed by atoms with Gasteiger partial charge in [0.2, 0.25) is 0 Å². The predicted octanol–water partition coefficient (Wildman–Crippen LogP) is 3.04. The molecule has 4 heteroatoms. The molecular formula is C15H19N3O. The first kappa shape index (κ1) is 13.3. The summed E-state index contributed by atoms with van der Waals surface area (Å²) in [5.41, 5.74) is 2.30. The largest absolute Gasteiger partial charge is 0.381 e. The van der Waals surface area contributed by atoms with Crippen molar-refractivity contribution in [1.82, 2.24) is 9.97 Å². The molecule has 2 heterocycles. The quantitative estimate of drug-likeness (QED) is 0.782. The predicted molar refractivity (Wildman–Crippen MR) is 78.3 cm³/mol. The minimum Gasteiger partial charge on any atom is -0.381 e. The number of aromatic nitrogens is 2. The second-order valence-corrected chi connectivity index (χ2v) is 4.48. The van der Waals surface area contributed by atoms with Gasteiger partial charge in [0.1, 0.15) is 5.69 Å². The Morgan fingerprint density at radius 2 is 2.21 bits per heavy atom. The first-order valence-corrected chi connectivity index (χ1v) is 6.69. The van der Waals surface area contributed by atoms with Crippen molar-refractivity contribution in [3.63, 3.8) is 0 Å². The number of unbranched alkanes of at least 4 members (excludes halogenated alkanes) is 2. The number of anilines is 1. The fourth-order valence-electron chi connectivity index (χ4n) is 1.89. The Kier molecular flexibility index (Phi) is 4.72. The smallest absolute Gasteiger partial charge is 0.271 e. The molecule has 0 fully saturated rings. The molecule has 0 aliphatic carbocycles. The Morgan fingerprint density at radius 3 is 2.95 bits per heavy atom. The van der Waals surface area contributed by atoms with Crippen LogP contribution >= 0.6 is 0 Å². The van der Waals surface area contributed by atoms with Gasteiger partial charge in [-0.1, -0.05) is 25.8 Å². The van der Waals surface area contributed by atoms with Crippen molar-refractivity contribution in [2.75, 3.05) is 11.9 Å². The van der Waals surface area contributed by atoms with E-state index < -0.39 is 0 Å². The van der Waals surface area contributed by atoms with Gasteiger partial charge < -0.3 is 10.3 Å². The van der Waals surface area contributed by atoms with Crippen LogP contribution in [0.5, 0.6) is 0 Å². The van der Waals surface area contributed by atoms with Crippen LogP contribution in [-0.2, 0) is 0 Å². The first-order chi connectivity index (χ1) is 9.31. The molecule has 0 aliphatic rings. The fraction of sp³-hybridized carbons (Fsp3) is 0.333. The van der Waals surface area contributed by atoms with Crippen LogP contribution in [0.4, 0.5) is 5.69 Å². The Morgan fingerprint density at radius 1 is 1.32 bits per heavy atom. The molecule has 0 unspecified atom stereocenters. The molecule has 2 aromatic heterocycles. The zero-order valence-corrected chi connectivity index (χ0v) is 11.1. The highest BCUT2D eigenvalue weighted by molar-refractivity contribution is 5.62. The molecule has 0 spiro atoms. The van der Waals surface area contributed by atoms with E-state index in [1.165, 1.54) is 12.8 Å². The number of nitrogens with zero attached hydrogens (tertiary/aromatic N) is 1. The molecule has 2 N–H and O–H groups in total. The molecule has 0 saturated carbocycles. The maximum absolute atomic E-state index is 11.7. The van der Waals surface area contributed by atoms with Gasteiger partial charge in [-0.25, -0.2) is 0 Å². The average molecular weight is 257 g/mol. The Hall–Kier alpha value is -2.10. The van der Waals surface area contributed by atoms with Gasteiger partial charge >= 0.3 is 0 Å². The lowest BCUT2D eigenvalue weighted by atomic mass is 10.2. The molecule has 2 rings (SSSR count). The highest BCUT2D eigenvalue weighted by Gasteiger charge is 2.03. The summed E-state index contributed by atoms with van der Waals surface area (Å²) >= 11 is 0. The van der Waals surface area contributed by atoms with E-state index in [2.05, 4.69) is 22.2 Å². The Balaban J connectivity index is 2.13. The topological polar surface area (TPSA) is 57.8 Å². The minimum absolute atomic E-state index is 0.0869. The van der Waals surface area contributed by atoms with Crippen molar-refractivity contribution in [1.29, 1.82) is 0 Å². The summed E-state index contributed by atoms with van der Waals surface area (Å²) in [6, 6.07) is 7.59. The lowest BCUT2D eigenvalue weighted by Gasteiger charge is -2.07. The van der Waals surface area contributed by atoms with Gasteiger partial charge in [0.15, 0.2) is 0 Å². The average Bonchev–Trinajstić information content (AvgIpc) is 2.46. The van der Waals surface area contributed by atoms with Crippen LogP contribution in [0.25, 0.3) is 11.3 Å². The van der Waals surface area contributed by atoms with Gasteiger partial charge in [0.25, 0.3) is 5.56 Å². The summed E-state index contributed by atoms with van der Waals surface area (Å²) < 4.78 is 0. The maximum Gasteiger partial charge on any atom is 0.271 e. The molecule has 100 valence electrons. The number of nitrogens with one attached hydrogen (secondary N) is 2. The van der Waals surface area contributed by atoms with Gasteiger partial charge in [0, 0.05) is 24.5 Å². The minimum atomic E-state index is -0.0869. The molecule has 0 aliphatic heterocycles. The molecular weight excluding hydrogens is 238 g/mol. The van der Waals surface area contributed by atoms with Gasteiger partial charge in [-0.05, 0) is 24.6 Å². The second kappa shape index (κ2) is 6.73. The number of rotatable bonds is 6. The molecule has 19 heavy (non-hydrogen) atoms.